The number of ether oxygens (including phenoxy) is 1. The number of methoxy groups -OCH3 is 1. The number of benzene rings is 2. The van der Waals surface area contributed by atoms with Gasteiger partial charge in [0.25, 0.3) is 5.91 Å². The number of aromatic nitrogens is 3. The van der Waals surface area contributed by atoms with E-state index in [0.717, 1.165) is 30.6 Å². The fraction of sp³-hybridized carbons (Fsp3) is 0.375. The Bertz CT molecular complexity index is 1680. The maximum atomic E-state index is 15.5. The third-order valence-electron chi connectivity index (χ3n) is 8.84. The van der Waals surface area contributed by atoms with Gasteiger partial charge in [-0.2, -0.15) is 5.10 Å². The third kappa shape index (κ3) is 4.53. The van der Waals surface area contributed by atoms with E-state index in [4.69, 9.17) is 14.8 Å². The molecule has 2 fully saturated rings. The Labute approximate surface area is 237 Å². The van der Waals surface area contributed by atoms with E-state index in [1.807, 2.05) is 34.1 Å². The van der Waals surface area contributed by atoms with Gasteiger partial charge in [0.1, 0.15) is 11.5 Å². The minimum Gasteiger partial charge on any atom is -0.469 e. The Kier molecular flexibility index (Phi) is 6.25. The van der Waals surface area contributed by atoms with Crippen LogP contribution in [0.3, 0.4) is 0 Å². The van der Waals surface area contributed by atoms with E-state index in [0.29, 0.717) is 54.6 Å². The van der Waals surface area contributed by atoms with Crippen LogP contribution in [0.5, 0.6) is 0 Å². The highest BCUT2D eigenvalue weighted by molar-refractivity contribution is 5.93. The average molecular weight is 554 g/mol. The number of halogens is 1. The van der Waals surface area contributed by atoms with Crippen molar-refractivity contribution >= 4 is 23.2 Å². The molecule has 2 aliphatic heterocycles. The lowest BCUT2D eigenvalue weighted by Gasteiger charge is -2.35. The molecule has 0 bridgehead atoms. The van der Waals surface area contributed by atoms with Gasteiger partial charge in [-0.25, -0.2) is 13.9 Å². The first-order valence-electron chi connectivity index (χ1n) is 14.3. The van der Waals surface area contributed by atoms with Crippen molar-refractivity contribution in [3.05, 3.63) is 82.9 Å². The van der Waals surface area contributed by atoms with E-state index in [9.17, 15) is 9.59 Å². The Morgan fingerprint density at radius 2 is 1.85 bits per heavy atom. The Balaban J connectivity index is 1.19. The number of nitrogens with zero attached hydrogens (tertiary/aromatic N) is 5. The van der Waals surface area contributed by atoms with Crippen molar-refractivity contribution in [2.45, 2.75) is 44.6 Å². The molecule has 0 radical (unpaired) electrons. The number of anilines is 1. The molecule has 1 amide bonds. The molecule has 210 valence electrons. The zero-order valence-corrected chi connectivity index (χ0v) is 23.2. The Hall–Kier alpha value is -4.27. The molecular formula is C32H32FN5O3. The van der Waals surface area contributed by atoms with Crippen molar-refractivity contribution in [2.75, 3.05) is 31.6 Å². The fourth-order valence-corrected chi connectivity index (χ4v) is 6.37. The highest BCUT2D eigenvalue weighted by Crippen LogP contribution is 2.41. The van der Waals surface area contributed by atoms with Crippen LogP contribution in [0, 0.1) is 11.7 Å². The number of hydrogen-bond acceptors (Lipinski definition) is 6. The molecule has 4 aromatic rings. The molecule has 0 spiro atoms. The van der Waals surface area contributed by atoms with Gasteiger partial charge in [-0.15, -0.1) is 0 Å². The molecule has 1 aliphatic carbocycles. The van der Waals surface area contributed by atoms with Crippen LogP contribution < -0.4 is 4.90 Å². The van der Waals surface area contributed by atoms with Crippen LogP contribution in [-0.2, 0) is 16.0 Å². The second kappa shape index (κ2) is 9.98. The van der Waals surface area contributed by atoms with Crippen molar-refractivity contribution in [3.63, 3.8) is 0 Å². The summed E-state index contributed by atoms with van der Waals surface area (Å²) in [4.78, 5) is 34.3. The van der Waals surface area contributed by atoms with E-state index >= 15 is 4.39 Å². The first kappa shape index (κ1) is 25.7. The van der Waals surface area contributed by atoms with Crippen LogP contribution in [0.1, 0.15) is 65.5 Å². The molecule has 0 unspecified atom stereocenters. The predicted molar refractivity (Wildman–Crippen MR) is 152 cm³/mol. The van der Waals surface area contributed by atoms with Gasteiger partial charge in [0.05, 0.1) is 24.8 Å². The zero-order valence-electron chi connectivity index (χ0n) is 23.2. The van der Waals surface area contributed by atoms with Crippen molar-refractivity contribution in [3.8, 4) is 11.3 Å². The van der Waals surface area contributed by atoms with Gasteiger partial charge in [0.15, 0.2) is 5.65 Å². The molecule has 0 N–H and O–H groups in total. The second-order valence-corrected chi connectivity index (χ2v) is 11.4. The van der Waals surface area contributed by atoms with Gasteiger partial charge >= 0.3 is 5.97 Å². The van der Waals surface area contributed by atoms with Crippen LogP contribution in [0.2, 0.25) is 0 Å². The summed E-state index contributed by atoms with van der Waals surface area (Å²) in [6.45, 7) is 3.88. The molecule has 1 saturated carbocycles. The summed E-state index contributed by atoms with van der Waals surface area (Å²) >= 11 is 0. The van der Waals surface area contributed by atoms with E-state index in [-0.39, 0.29) is 23.8 Å². The minimum absolute atomic E-state index is 0.0403. The number of esters is 1. The maximum absolute atomic E-state index is 15.5. The van der Waals surface area contributed by atoms with E-state index in [1.54, 1.807) is 16.6 Å². The smallest absolute Gasteiger partial charge is 0.310 e. The fourth-order valence-electron chi connectivity index (χ4n) is 6.37. The number of amides is 1. The summed E-state index contributed by atoms with van der Waals surface area (Å²) in [6, 6.07) is 17.0. The zero-order chi connectivity index (χ0) is 28.2. The van der Waals surface area contributed by atoms with E-state index in [1.165, 1.54) is 24.3 Å². The quantitative estimate of drug-likeness (QED) is 0.317. The van der Waals surface area contributed by atoms with Gasteiger partial charge in [0.2, 0.25) is 0 Å². The maximum Gasteiger partial charge on any atom is 0.310 e. The van der Waals surface area contributed by atoms with Gasteiger partial charge in [-0.1, -0.05) is 24.3 Å². The lowest BCUT2D eigenvalue weighted by atomic mass is 9.93. The normalized spacial score (nSPS) is 20.4. The molecule has 2 aromatic carbocycles. The second-order valence-electron chi connectivity index (χ2n) is 11.4. The summed E-state index contributed by atoms with van der Waals surface area (Å²) in [5.74, 6) is -0.606. The standard InChI is InChI=1S/C32H32FN5O3/c1-19-24-6-4-3-5-20(24)12-14-37(19)31(39)28-16-29(21-7-8-21)38-30(34-28)17-27(35-38)25-10-9-23(15-26(25)33)36-13-11-22(18-36)32(40)41-2/h3-6,9-10,15-17,19,21-22H,7-8,11-14,18H2,1-2H3/t19-,22+/m1/s1. The first-order chi connectivity index (χ1) is 19.9. The average Bonchev–Trinajstić information content (AvgIpc) is 3.55. The minimum atomic E-state index is -0.391. The van der Waals surface area contributed by atoms with E-state index in [2.05, 4.69) is 19.1 Å². The molecule has 3 aliphatic rings. The number of carbonyl (C=O) groups is 2. The van der Waals surface area contributed by atoms with Gasteiger partial charge in [-0.05, 0) is 68.0 Å². The van der Waals surface area contributed by atoms with Crippen LogP contribution in [0.15, 0.2) is 54.6 Å². The predicted octanol–water partition coefficient (Wildman–Crippen LogP) is 5.17. The topological polar surface area (TPSA) is 80.0 Å². The number of hydrogen-bond donors (Lipinski definition) is 0. The van der Waals surface area contributed by atoms with Crippen molar-refractivity contribution in [1.82, 2.24) is 19.5 Å². The Morgan fingerprint density at radius 1 is 1.02 bits per heavy atom. The van der Waals surface area contributed by atoms with Crippen molar-refractivity contribution < 1.29 is 18.7 Å². The van der Waals surface area contributed by atoms with Gasteiger partial charge in [0, 0.05) is 48.6 Å². The van der Waals surface area contributed by atoms with Crippen LogP contribution in [0.4, 0.5) is 10.1 Å². The molecule has 41 heavy (non-hydrogen) atoms. The molecule has 9 heteroatoms. The number of fused-ring (bicyclic) bond motifs is 2. The molecule has 2 atom stereocenters. The number of carbonyl (C=O) groups excluding carboxylic acids is 2. The summed E-state index contributed by atoms with van der Waals surface area (Å²) in [5, 5.41) is 4.75. The lowest BCUT2D eigenvalue weighted by molar-refractivity contribution is -0.144. The highest BCUT2D eigenvalue weighted by atomic mass is 19.1. The van der Waals surface area contributed by atoms with Crippen LogP contribution in [0.25, 0.3) is 16.9 Å². The molecule has 7 rings (SSSR count). The first-order valence-corrected chi connectivity index (χ1v) is 14.3. The molecule has 2 aromatic heterocycles. The molecule has 1 saturated heterocycles. The summed E-state index contributed by atoms with van der Waals surface area (Å²) < 4.78 is 22.1. The molecule has 8 nitrogen and oxygen atoms in total. The number of rotatable bonds is 5. The highest BCUT2D eigenvalue weighted by Gasteiger charge is 2.33. The monoisotopic (exact) mass is 553 g/mol. The summed E-state index contributed by atoms with van der Waals surface area (Å²) in [7, 11) is 1.39. The van der Waals surface area contributed by atoms with Gasteiger partial charge in [-0.3, -0.25) is 9.59 Å². The molecular weight excluding hydrogens is 521 g/mol. The van der Waals surface area contributed by atoms with Crippen LogP contribution >= 0.6 is 0 Å². The Morgan fingerprint density at radius 3 is 2.63 bits per heavy atom. The van der Waals surface area contributed by atoms with Crippen molar-refractivity contribution in [1.29, 1.82) is 0 Å². The van der Waals surface area contributed by atoms with Gasteiger partial charge < -0.3 is 14.5 Å². The summed E-state index contributed by atoms with van der Waals surface area (Å²) in [6.07, 6.45) is 3.56. The third-order valence-corrected chi connectivity index (χ3v) is 8.84. The van der Waals surface area contributed by atoms with Crippen molar-refractivity contribution in [2.24, 2.45) is 5.92 Å². The van der Waals surface area contributed by atoms with E-state index < -0.39 is 5.82 Å². The molecule has 4 heterocycles. The van der Waals surface area contributed by atoms with Crippen LogP contribution in [-0.4, -0.2) is 58.1 Å². The lowest BCUT2D eigenvalue weighted by Crippen LogP contribution is -2.39. The SMILES string of the molecule is COC(=O)[C@H]1CCN(c2ccc(-c3cc4nc(C(=O)N5CCc6ccccc6[C@H]5C)cc(C5CC5)n4n3)c(F)c2)C1. The summed E-state index contributed by atoms with van der Waals surface area (Å²) in [5.41, 5.74) is 5.93. The largest absolute Gasteiger partial charge is 0.469 e.